The van der Waals surface area contributed by atoms with Crippen LogP contribution in [0.15, 0.2) is 0 Å². The number of likely N-dealkylation sites (tertiary alicyclic amines) is 1. The van der Waals surface area contributed by atoms with Crippen LogP contribution < -0.4 is 5.73 Å². The molecule has 0 aromatic rings. The van der Waals surface area contributed by atoms with E-state index in [1.54, 1.807) is 0 Å². The van der Waals surface area contributed by atoms with Crippen LogP contribution in [0.5, 0.6) is 0 Å². The van der Waals surface area contributed by atoms with Crippen LogP contribution in [0.1, 0.15) is 45.4 Å². The lowest BCUT2D eigenvalue weighted by Gasteiger charge is -2.36. The fourth-order valence-electron chi connectivity index (χ4n) is 2.80. The number of nitrogens with zero attached hydrogens (tertiary/aromatic N) is 1. The Labute approximate surface area is 106 Å². The van der Waals surface area contributed by atoms with Gasteiger partial charge < -0.3 is 15.4 Å². The smallest absolute Gasteiger partial charge is 0.0599 e. The van der Waals surface area contributed by atoms with Crippen molar-refractivity contribution in [2.24, 2.45) is 11.7 Å². The number of piperidine rings is 1. The SMILES string of the molecule is CC(CC1CC1)N1CCC(OCCCN)CC1. The quantitative estimate of drug-likeness (QED) is 0.692. The molecule has 2 aliphatic rings. The Morgan fingerprint density at radius 1 is 1.24 bits per heavy atom. The van der Waals surface area contributed by atoms with Crippen molar-refractivity contribution in [3.05, 3.63) is 0 Å². The Bertz CT molecular complexity index is 210. The van der Waals surface area contributed by atoms with Crippen molar-refractivity contribution >= 4 is 0 Å². The highest BCUT2D eigenvalue weighted by Gasteiger charge is 2.28. The van der Waals surface area contributed by atoms with E-state index in [0.717, 1.165) is 31.5 Å². The topological polar surface area (TPSA) is 38.5 Å². The van der Waals surface area contributed by atoms with E-state index in [1.165, 1.54) is 45.2 Å². The maximum absolute atomic E-state index is 5.84. The minimum Gasteiger partial charge on any atom is -0.378 e. The van der Waals surface area contributed by atoms with Crippen molar-refractivity contribution in [2.75, 3.05) is 26.2 Å². The molecule has 2 N–H and O–H groups in total. The minimum atomic E-state index is 0.492. The number of nitrogens with two attached hydrogens (primary N) is 1. The molecule has 1 saturated heterocycles. The van der Waals surface area contributed by atoms with Crippen LogP contribution in [0, 0.1) is 5.92 Å². The van der Waals surface area contributed by atoms with E-state index in [-0.39, 0.29) is 0 Å². The Balaban J connectivity index is 1.59. The van der Waals surface area contributed by atoms with Crippen LogP contribution in [-0.2, 0) is 4.74 Å². The average molecular weight is 240 g/mol. The summed E-state index contributed by atoms with van der Waals surface area (Å²) in [4.78, 5) is 2.65. The van der Waals surface area contributed by atoms with E-state index in [4.69, 9.17) is 10.5 Å². The van der Waals surface area contributed by atoms with Gasteiger partial charge >= 0.3 is 0 Å². The van der Waals surface area contributed by atoms with Crippen molar-refractivity contribution in [2.45, 2.75) is 57.6 Å². The summed E-state index contributed by atoms with van der Waals surface area (Å²) in [6.07, 6.45) is 8.27. The predicted octanol–water partition coefficient (Wildman–Crippen LogP) is 2.00. The summed E-state index contributed by atoms with van der Waals surface area (Å²) in [6, 6.07) is 0.785. The number of rotatable bonds is 7. The molecular weight excluding hydrogens is 212 g/mol. The molecule has 1 aliphatic heterocycles. The predicted molar refractivity (Wildman–Crippen MR) is 71.0 cm³/mol. The second-order valence-corrected chi connectivity index (χ2v) is 5.78. The van der Waals surface area contributed by atoms with Gasteiger partial charge in [0.1, 0.15) is 0 Å². The van der Waals surface area contributed by atoms with E-state index < -0.39 is 0 Å². The zero-order valence-electron chi connectivity index (χ0n) is 11.2. The number of ether oxygens (including phenoxy) is 1. The molecule has 17 heavy (non-hydrogen) atoms. The molecule has 0 amide bonds. The molecule has 1 aliphatic carbocycles. The first-order valence-electron chi connectivity index (χ1n) is 7.35. The highest BCUT2D eigenvalue weighted by Crippen LogP contribution is 2.35. The minimum absolute atomic E-state index is 0.492. The van der Waals surface area contributed by atoms with Crippen molar-refractivity contribution < 1.29 is 4.74 Å². The normalized spacial score (nSPS) is 25.1. The molecule has 1 unspecified atom stereocenters. The third-order valence-corrected chi connectivity index (χ3v) is 4.17. The zero-order valence-corrected chi connectivity index (χ0v) is 11.2. The van der Waals surface area contributed by atoms with Gasteiger partial charge in [-0.2, -0.15) is 0 Å². The second kappa shape index (κ2) is 6.72. The molecule has 3 nitrogen and oxygen atoms in total. The van der Waals surface area contributed by atoms with Gasteiger partial charge in [0.25, 0.3) is 0 Å². The van der Waals surface area contributed by atoms with Crippen LogP contribution >= 0.6 is 0 Å². The summed E-state index contributed by atoms with van der Waals surface area (Å²) in [5.41, 5.74) is 5.47. The Morgan fingerprint density at radius 2 is 1.94 bits per heavy atom. The molecule has 2 fully saturated rings. The van der Waals surface area contributed by atoms with Crippen LogP contribution in [-0.4, -0.2) is 43.3 Å². The summed E-state index contributed by atoms with van der Waals surface area (Å²) in [6.45, 7) is 6.44. The summed E-state index contributed by atoms with van der Waals surface area (Å²) < 4.78 is 5.84. The highest BCUT2D eigenvalue weighted by atomic mass is 16.5. The van der Waals surface area contributed by atoms with E-state index in [2.05, 4.69) is 11.8 Å². The van der Waals surface area contributed by atoms with Gasteiger partial charge in [-0.1, -0.05) is 12.8 Å². The first-order chi connectivity index (χ1) is 8.29. The van der Waals surface area contributed by atoms with Crippen LogP contribution in [0.2, 0.25) is 0 Å². The van der Waals surface area contributed by atoms with E-state index >= 15 is 0 Å². The number of hydrogen-bond donors (Lipinski definition) is 1. The van der Waals surface area contributed by atoms with Gasteiger partial charge in [0.05, 0.1) is 6.10 Å². The molecule has 1 heterocycles. The molecule has 1 saturated carbocycles. The largest absolute Gasteiger partial charge is 0.378 e. The summed E-state index contributed by atoms with van der Waals surface area (Å²) in [5, 5.41) is 0. The molecule has 0 spiro atoms. The van der Waals surface area contributed by atoms with Gasteiger partial charge in [-0.05, 0) is 45.1 Å². The van der Waals surface area contributed by atoms with Gasteiger partial charge in [-0.25, -0.2) is 0 Å². The standard InChI is InChI=1S/C14H28N2O/c1-12(11-13-3-4-13)16-8-5-14(6-9-16)17-10-2-7-15/h12-14H,2-11,15H2,1H3. The molecular formula is C14H28N2O. The first-order valence-corrected chi connectivity index (χ1v) is 7.35. The molecule has 0 aromatic carbocycles. The third kappa shape index (κ3) is 4.57. The van der Waals surface area contributed by atoms with Gasteiger partial charge in [0.2, 0.25) is 0 Å². The number of hydrogen-bond acceptors (Lipinski definition) is 3. The maximum Gasteiger partial charge on any atom is 0.0599 e. The van der Waals surface area contributed by atoms with E-state index in [9.17, 15) is 0 Å². The molecule has 0 radical (unpaired) electrons. The summed E-state index contributed by atoms with van der Waals surface area (Å²) in [7, 11) is 0. The van der Waals surface area contributed by atoms with Crippen molar-refractivity contribution in [1.82, 2.24) is 4.90 Å². The van der Waals surface area contributed by atoms with Gasteiger partial charge in [0, 0.05) is 25.7 Å². The molecule has 1 atom stereocenters. The lowest BCUT2D eigenvalue weighted by atomic mass is 10.0. The Hall–Kier alpha value is -0.120. The molecule has 0 aromatic heterocycles. The van der Waals surface area contributed by atoms with Gasteiger partial charge in [-0.3, -0.25) is 0 Å². The van der Waals surface area contributed by atoms with E-state index in [0.29, 0.717) is 6.10 Å². The summed E-state index contributed by atoms with van der Waals surface area (Å²) >= 11 is 0. The lowest BCUT2D eigenvalue weighted by Crippen LogP contribution is -2.42. The fourth-order valence-corrected chi connectivity index (χ4v) is 2.80. The molecule has 3 heteroatoms. The van der Waals surface area contributed by atoms with Crippen molar-refractivity contribution in [3.63, 3.8) is 0 Å². The van der Waals surface area contributed by atoms with Gasteiger partial charge in [-0.15, -0.1) is 0 Å². The third-order valence-electron chi connectivity index (χ3n) is 4.17. The van der Waals surface area contributed by atoms with Gasteiger partial charge in [0.15, 0.2) is 0 Å². The van der Waals surface area contributed by atoms with Crippen LogP contribution in [0.3, 0.4) is 0 Å². The summed E-state index contributed by atoms with van der Waals surface area (Å²) in [5.74, 6) is 1.04. The molecule has 2 rings (SSSR count). The molecule has 0 bridgehead atoms. The fraction of sp³-hybridized carbons (Fsp3) is 1.00. The maximum atomic E-state index is 5.84. The second-order valence-electron chi connectivity index (χ2n) is 5.78. The monoisotopic (exact) mass is 240 g/mol. The highest BCUT2D eigenvalue weighted by molar-refractivity contribution is 4.82. The van der Waals surface area contributed by atoms with Crippen molar-refractivity contribution in [1.29, 1.82) is 0 Å². The van der Waals surface area contributed by atoms with Crippen LogP contribution in [0.4, 0.5) is 0 Å². The lowest BCUT2D eigenvalue weighted by molar-refractivity contribution is -0.00168. The molecule has 100 valence electrons. The first kappa shape index (κ1) is 13.3. The Kier molecular flexibility index (Phi) is 5.26. The average Bonchev–Trinajstić information content (AvgIpc) is 3.14. The zero-order chi connectivity index (χ0) is 12.1. The Morgan fingerprint density at radius 3 is 2.53 bits per heavy atom. The van der Waals surface area contributed by atoms with Crippen molar-refractivity contribution in [3.8, 4) is 0 Å². The van der Waals surface area contributed by atoms with E-state index in [1.807, 2.05) is 0 Å². The van der Waals surface area contributed by atoms with Crippen LogP contribution in [0.25, 0.3) is 0 Å².